The minimum absolute atomic E-state index is 0.194. The van der Waals surface area contributed by atoms with Crippen LogP contribution in [0.25, 0.3) is 0 Å². The summed E-state index contributed by atoms with van der Waals surface area (Å²) < 4.78 is 10.7. The van der Waals surface area contributed by atoms with Crippen LogP contribution in [0.15, 0.2) is 10.5 Å². The third-order valence-electron chi connectivity index (χ3n) is 2.53. The number of ether oxygens (including phenoxy) is 1. The molecule has 1 unspecified atom stereocenters. The quantitative estimate of drug-likeness (QED) is 0.476. The van der Waals surface area contributed by atoms with Crippen molar-refractivity contribution in [3.8, 4) is 12.3 Å². The minimum Gasteiger partial charge on any atom is -0.465 e. The Bertz CT molecular complexity index is 454. The summed E-state index contributed by atoms with van der Waals surface area (Å²) in [5, 5.41) is 0. The predicted molar refractivity (Wildman–Crippen MR) is 73.3 cm³/mol. The van der Waals surface area contributed by atoms with Crippen molar-refractivity contribution in [1.29, 1.82) is 0 Å². The van der Waals surface area contributed by atoms with Gasteiger partial charge < -0.3 is 9.15 Å². The first kappa shape index (κ1) is 14.8. The summed E-state index contributed by atoms with van der Waals surface area (Å²) in [5.41, 5.74) is 0.858. The zero-order chi connectivity index (χ0) is 13.7. The van der Waals surface area contributed by atoms with E-state index in [1.165, 1.54) is 0 Å². The fourth-order valence-electron chi connectivity index (χ4n) is 1.42. The molecular weight excluding hydrogens is 296 g/mol. The summed E-state index contributed by atoms with van der Waals surface area (Å²) in [5.74, 6) is 3.91. The molecule has 0 saturated heterocycles. The fourth-order valence-corrected chi connectivity index (χ4v) is 1.55. The molecule has 0 aliphatic heterocycles. The van der Waals surface area contributed by atoms with E-state index in [1.54, 1.807) is 0 Å². The van der Waals surface area contributed by atoms with Gasteiger partial charge in [-0.15, -0.1) is 6.42 Å². The van der Waals surface area contributed by atoms with Gasteiger partial charge in [0.2, 0.25) is 0 Å². The highest BCUT2D eigenvalue weighted by molar-refractivity contribution is 9.10. The van der Waals surface area contributed by atoms with Gasteiger partial charge in [0.15, 0.2) is 0 Å². The molecular formula is C14H17BrO3. The standard InChI is InChI=1S/C14H17BrO3/c1-5-6-12-7-11(10(4)18-12)8-17-14(16)13(15)9(2)3/h1,7,9,13H,6,8H2,2-4H3. The highest BCUT2D eigenvalue weighted by atomic mass is 79.9. The van der Waals surface area contributed by atoms with E-state index in [9.17, 15) is 4.79 Å². The van der Waals surface area contributed by atoms with Crippen LogP contribution in [0.3, 0.4) is 0 Å². The maximum absolute atomic E-state index is 11.7. The average molecular weight is 313 g/mol. The first-order chi connectivity index (χ1) is 8.45. The zero-order valence-corrected chi connectivity index (χ0v) is 12.4. The number of halogens is 1. The van der Waals surface area contributed by atoms with Gasteiger partial charge in [0.1, 0.15) is 23.0 Å². The molecule has 1 rings (SSSR count). The Labute approximate surface area is 116 Å². The number of esters is 1. The van der Waals surface area contributed by atoms with E-state index in [4.69, 9.17) is 15.6 Å². The van der Waals surface area contributed by atoms with Crippen molar-refractivity contribution in [3.05, 3.63) is 23.2 Å². The Morgan fingerprint density at radius 2 is 2.28 bits per heavy atom. The van der Waals surface area contributed by atoms with Gasteiger partial charge in [-0.3, -0.25) is 4.79 Å². The van der Waals surface area contributed by atoms with Crippen molar-refractivity contribution < 1.29 is 13.9 Å². The van der Waals surface area contributed by atoms with Crippen molar-refractivity contribution in [2.24, 2.45) is 5.92 Å². The second-order valence-electron chi connectivity index (χ2n) is 4.43. The number of carbonyl (C=O) groups is 1. The largest absolute Gasteiger partial charge is 0.465 e. The number of hydrogen-bond acceptors (Lipinski definition) is 3. The molecule has 0 saturated carbocycles. The molecule has 0 N–H and O–H groups in total. The van der Waals surface area contributed by atoms with E-state index in [2.05, 4.69) is 21.9 Å². The lowest BCUT2D eigenvalue weighted by Gasteiger charge is -2.12. The van der Waals surface area contributed by atoms with Crippen LogP contribution >= 0.6 is 15.9 Å². The molecule has 1 heterocycles. The number of terminal acetylenes is 1. The molecule has 0 aromatic carbocycles. The lowest BCUT2D eigenvalue weighted by molar-refractivity contribution is -0.144. The van der Waals surface area contributed by atoms with Crippen LogP contribution in [-0.4, -0.2) is 10.8 Å². The van der Waals surface area contributed by atoms with Crippen LogP contribution in [0.1, 0.15) is 30.9 Å². The highest BCUT2D eigenvalue weighted by Crippen LogP contribution is 2.18. The third kappa shape index (κ3) is 3.92. The molecule has 98 valence electrons. The van der Waals surface area contributed by atoms with Crippen molar-refractivity contribution in [3.63, 3.8) is 0 Å². The minimum atomic E-state index is -0.283. The number of aryl methyl sites for hydroxylation is 1. The Hall–Kier alpha value is -1.21. The van der Waals surface area contributed by atoms with E-state index in [0.717, 1.165) is 17.1 Å². The van der Waals surface area contributed by atoms with Gasteiger partial charge in [-0.2, -0.15) is 0 Å². The van der Waals surface area contributed by atoms with Crippen LogP contribution in [0, 0.1) is 25.2 Å². The topological polar surface area (TPSA) is 39.4 Å². The first-order valence-electron chi connectivity index (χ1n) is 5.78. The first-order valence-corrected chi connectivity index (χ1v) is 6.69. The molecule has 1 atom stereocenters. The molecule has 0 aliphatic carbocycles. The molecule has 1 aromatic rings. The van der Waals surface area contributed by atoms with Crippen molar-refractivity contribution in [2.45, 2.75) is 38.6 Å². The van der Waals surface area contributed by atoms with Gasteiger partial charge in [0.25, 0.3) is 0 Å². The van der Waals surface area contributed by atoms with E-state index < -0.39 is 0 Å². The van der Waals surface area contributed by atoms with Crippen LogP contribution in [0.4, 0.5) is 0 Å². The molecule has 0 amide bonds. The second-order valence-corrected chi connectivity index (χ2v) is 5.42. The van der Waals surface area contributed by atoms with Gasteiger partial charge in [-0.05, 0) is 18.9 Å². The van der Waals surface area contributed by atoms with Crippen molar-refractivity contribution >= 4 is 21.9 Å². The molecule has 0 fully saturated rings. The monoisotopic (exact) mass is 312 g/mol. The van der Waals surface area contributed by atoms with Gasteiger partial charge >= 0.3 is 5.97 Å². The third-order valence-corrected chi connectivity index (χ3v) is 3.96. The summed E-state index contributed by atoms with van der Waals surface area (Å²) in [7, 11) is 0. The summed E-state index contributed by atoms with van der Waals surface area (Å²) in [6.07, 6.45) is 5.66. The molecule has 18 heavy (non-hydrogen) atoms. The smallest absolute Gasteiger partial charge is 0.320 e. The second kappa shape index (κ2) is 6.65. The number of carbonyl (C=O) groups excluding carboxylic acids is 1. The lowest BCUT2D eigenvalue weighted by Crippen LogP contribution is -2.22. The normalized spacial score (nSPS) is 12.2. The number of hydrogen-bond donors (Lipinski definition) is 0. The van der Waals surface area contributed by atoms with Gasteiger partial charge in [0.05, 0.1) is 6.42 Å². The van der Waals surface area contributed by atoms with Gasteiger partial charge in [-0.25, -0.2) is 0 Å². The summed E-state index contributed by atoms with van der Waals surface area (Å²) in [6, 6.07) is 1.83. The number of alkyl halides is 1. The maximum atomic E-state index is 11.7. The average Bonchev–Trinajstić information content (AvgIpc) is 2.66. The van der Waals surface area contributed by atoms with Crippen molar-refractivity contribution in [1.82, 2.24) is 0 Å². The molecule has 0 bridgehead atoms. The maximum Gasteiger partial charge on any atom is 0.320 e. The van der Waals surface area contributed by atoms with Crippen molar-refractivity contribution in [2.75, 3.05) is 0 Å². The Balaban J connectivity index is 2.59. The summed E-state index contributed by atoms with van der Waals surface area (Å²) >= 11 is 3.31. The van der Waals surface area contributed by atoms with E-state index in [1.807, 2.05) is 26.8 Å². The Morgan fingerprint density at radius 3 is 2.83 bits per heavy atom. The fraction of sp³-hybridized carbons (Fsp3) is 0.500. The van der Waals surface area contributed by atoms with Crippen LogP contribution < -0.4 is 0 Å². The summed E-state index contributed by atoms with van der Waals surface area (Å²) in [6.45, 7) is 5.95. The highest BCUT2D eigenvalue weighted by Gasteiger charge is 2.20. The van der Waals surface area contributed by atoms with E-state index >= 15 is 0 Å². The van der Waals surface area contributed by atoms with E-state index in [0.29, 0.717) is 6.42 Å². The van der Waals surface area contributed by atoms with Crippen LogP contribution in [0.2, 0.25) is 0 Å². The molecule has 0 radical (unpaired) electrons. The Kier molecular flexibility index (Phi) is 5.49. The zero-order valence-electron chi connectivity index (χ0n) is 10.8. The van der Waals surface area contributed by atoms with Crippen LogP contribution in [0.5, 0.6) is 0 Å². The lowest BCUT2D eigenvalue weighted by atomic mass is 10.1. The molecule has 4 heteroatoms. The molecule has 0 aliphatic rings. The molecule has 1 aromatic heterocycles. The Morgan fingerprint density at radius 1 is 1.61 bits per heavy atom. The van der Waals surface area contributed by atoms with Crippen LogP contribution in [-0.2, 0) is 22.6 Å². The van der Waals surface area contributed by atoms with E-state index in [-0.39, 0.29) is 23.3 Å². The number of rotatable bonds is 5. The van der Waals surface area contributed by atoms with Gasteiger partial charge in [0, 0.05) is 5.56 Å². The molecule has 0 spiro atoms. The SMILES string of the molecule is C#CCc1cc(COC(=O)C(Br)C(C)C)c(C)o1. The number of furan rings is 1. The summed E-state index contributed by atoms with van der Waals surface area (Å²) in [4.78, 5) is 11.4. The predicted octanol–water partition coefficient (Wildman–Crippen LogP) is 3.23. The molecule has 3 nitrogen and oxygen atoms in total. The van der Waals surface area contributed by atoms with Gasteiger partial charge in [-0.1, -0.05) is 35.7 Å².